The molecule has 0 aromatic rings. The molecule has 0 unspecified atom stereocenters. The highest BCUT2D eigenvalue weighted by Crippen LogP contribution is 2.69. The van der Waals surface area contributed by atoms with Crippen molar-refractivity contribution in [3.8, 4) is 0 Å². The Hall–Kier alpha value is -0.630. The van der Waals surface area contributed by atoms with Crippen LogP contribution in [0.3, 0.4) is 0 Å². The summed E-state index contributed by atoms with van der Waals surface area (Å²) in [6.07, 6.45) is 13.6. The second-order valence-corrected chi connectivity index (χ2v) is 13.3. The van der Waals surface area contributed by atoms with Gasteiger partial charge in [0.1, 0.15) is 5.78 Å². The molecule has 4 rings (SSSR count). The maximum Gasteiger partial charge on any atom is 0.142 e. The molecule has 31 heavy (non-hydrogen) atoms. The Kier molecular flexibility index (Phi) is 5.85. The van der Waals surface area contributed by atoms with Crippen molar-refractivity contribution in [3.63, 3.8) is 0 Å². The summed E-state index contributed by atoms with van der Waals surface area (Å²) in [5.41, 5.74) is 0.862. The molecule has 0 radical (unpaired) electrons. The Labute approximate surface area is 191 Å². The van der Waals surface area contributed by atoms with Crippen molar-refractivity contribution in [2.45, 2.75) is 118 Å². The molecule has 3 fully saturated rings. The van der Waals surface area contributed by atoms with Gasteiger partial charge in [0.05, 0.1) is 5.60 Å². The molecule has 7 atom stereocenters. The lowest BCUT2D eigenvalue weighted by molar-refractivity contribution is -0.153. The van der Waals surface area contributed by atoms with Crippen molar-refractivity contribution in [1.29, 1.82) is 0 Å². The van der Waals surface area contributed by atoms with Crippen molar-refractivity contribution in [3.05, 3.63) is 11.6 Å². The fourth-order valence-electron chi connectivity index (χ4n) is 9.15. The van der Waals surface area contributed by atoms with E-state index >= 15 is 0 Å². The van der Waals surface area contributed by atoms with Gasteiger partial charge in [0.2, 0.25) is 0 Å². The number of fused-ring (bicyclic) bond motifs is 5. The molecule has 0 aliphatic heterocycles. The minimum absolute atomic E-state index is 0.0487. The lowest BCUT2D eigenvalue weighted by atomic mass is 9.44. The van der Waals surface area contributed by atoms with Crippen LogP contribution in [0.5, 0.6) is 0 Å². The number of hydrogen-bond donors (Lipinski definition) is 1. The van der Waals surface area contributed by atoms with E-state index in [4.69, 9.17) is 0 Å². The molecule has 176 valence electrons. The highest BCUT2D eigenvalue weighted by Gasteiger charge is 2.65. The summed E-state index contributed by atoms with van der Waals surface area (Å²) in [4.78, 5) is 12.7. The van der Waals surface area contributed by atoms with Crippen molar-refractivity contribution in [2.75, 3.05) is 0 Å². The SMILES string of the molecule is CC(C)CCC[C@@H](C)[C@@]1(O)CC[C@H]2[C@@H]3CC=C4C(C)(C)C(=O)CC[C@]4(C)[C@H]3CC[C@@]21C. The maximum atomic E-state index is 12.7. The van der Waals surface area contributed by atoms with Gasteiger partial charge in [0, 0.05) is 11.8 Å². The predicted molar refractivity (Wildman–Crippen MR) is 129 cm³/mol. The number of ketones is 1. The van der Waals surface area contributed by atoms with Gasteiger partial charge in [-0.2, -0.15) is 0 Å². The number of carbonyl (C=O) groups is 1. The normalized spacial score (nSPS) is 45.0. The lowest BCUT2D eigenvalue weighted by Gasteiger charge is -2.61. The number of rotatable bonds is 5. The smallest absolute Gasteiger partial charge is 0.142 e. The maximum absolute atomic E-state index is 12.7. The van der Waals surface area contributed by atoms with Crippen molar-refractivity contribution < 1.29 is 9.90 Å². The lowest BCUT2D eigenvalue weighted by Crippen LogP contribution is -2.57. The topological polar surface area (TPSA) is 37.3 Å². The first-order valence-corrected chi connectivity index (χ1v) is 13.3. The number of carbonyl (C=O) groups excluding carboxylic acids is 1. The van der Waals surface area contributed by atoms with E-state index in [1.165, 1.54) is 31.3 Å². The molecule has 3 saturated carbocycles. The summed E-state index contributed by atoms with van der Waals surface area (Å²) in [5.74, 6) is 3.54. The fourth-order valence-corrected chi connectivity index (χ4v) is 9.15. The molecule has 0 saturated heterocycles. The van der Waals surface area contributed by atoms with Gasteiger partial charge in [0.25, 0.3) is 0 Å². The Morgan fingerprint density at radius 1 is 1.00 bits per heavy atom. The average molecular weight is 429 g/mol. The minimum atomic E-state index is -0.508. The van der Waals surface area contributed by atoms with Gasteiger partial charge in [-0.3, -0.25) is 4.79 Å². The third kappa shape index (κ3) is 3.32. The van der Waals surface area contributed by atoms with E-state index in [1.807, 2.05) is 0 Å². The van der Waals surface area contributed by atoms with Gasteiger partial charge in [-0.25, -0.2) is 0 Å². The minimum Gasteiger partial charge on any atom is -0.389 e. The highest BCUT2D eigenvalue weighted by molar-refractivity contribution is 5.89. The first-order chi connectivity index (χ1) is 14.4. The van der Waals surface area contributed by atoms with E-state index < -0.39 is 5.60 Å². The molecule has 0 bridgehead atoms. The van der Waals surface area contributed by atoms with Crippen LogP contribution >= 0.6 is 0 Å². The summed E-state index contributed by atoms with van der Waals surface area (Å²) in [6.45, 7) is 16.2. The summed E-state index contributed by atoms with van der Waals surface area (Å²) in [7, 11) is 0. The third-order valence-electron chi connectivity index (χ3n) is 11.2. The van der Waals surface area contributed by atoms with Gasteiger partial charge < -0.3 is 5.11 Å². The van der Waals surface area contributed by atoms with Gasteiger partial charge in [-0.05, 0) is 99.2 Å². The monoisotopic (exact) mass is 428 g/mol. The Morgan fingerprint density at radius 3 is 2.35 bits per heavy atom. The first kappa shape index (κ1) is 23.5. The number of Topliss-reactive ketones (excluding diaryl/α,β-unsaturated/α-hetero) is 1. The van der Waals surface area contributed by atoms with Crippen LogP contribution in [-0.4, -0.2) is 16.5 Å². The van der Waals surface area contributed by atoms with E-state index in [2.05, 4.69) is 54.5 Å². The third-order valence-corrected chi connectivity index (χ3v) is 11.2. The van der Waals surface area contributed by atoms with E-state index in [1.54, 1.807) is 0 Å². The summed E-state index contributed by atoms with van der Waals surface area (Å²) in [5, 5.41) is 12.1. The molecule has 1 N–H and O–H groups in total. The fraction of sp³-hybridized carbons (Fsp3) is 0.897. The Balaban J connectivity index is 1.59. The van der Waals surface area contributed by atoms with E-state index in [9.17, 15) is 9.90 Å². The molecule has 0 aromatic heterocycles. The van der Waals surface area contributed by atoms with Crippen LogP contribution in [0.1, 0.15) is 113 Å². The molecular weight excluding hydrogens is 380 g/mol. The predicted octanol–water partition coefficient (Wildman–Crippen LogP) is 7.35. The number of hydrogen-bond acceptors (Lipinski definition) is 2. The molecule has 0 amide bonds. The van der Waals surface area contributed by atoms with Gasteiger partial charge in [-0.15, -0.1) is 0 Å². The second kappa shape index (κ2) is 7.71. The van der Waals surface area contributed by atoms with Gasteiger partial charge in [0.15, 0.2) is 0 Å². The molecule has 0 aromatic carbocycles. The molecule has 0 spiro atoms. The highest BCUT2D eigenvalue weighted by atomic mass is 16.3. The Bertz CT molecular complexity index is 748. The second-order valence-electron chi connectivity index (χ2n) is 13.3. The van der Waals surface area contributed by atoms with Crippen LogP contribution in [0, 0.1) is 45.8 Å². The molecule has 4 aliphatic carbocycles. The van der Waals surface area contributed by atoms with Crippen LogP contribution in [-0.2, 0) is 4.79 Å². The van der Waals surface area contributed by atoms with E-state index in [-0.39, 0.29) is 16.2 Å². The molecule has 2 heteroatoms. The molecule has 4 aliphatic rings. The zero-order valence-electron chi connectivity index (χ0n) is 21.4. The van der Waals surface area contributed by atoms with Crippen molar-refractivity contribution >= 4 is 5.78 Å². The van der Waals surface area contributed by atoms with E-state index in [0.717, 1.165) is 44.4 Å². The van der Waals surface area contributed by atoms with Crippen LogP contribution in [0.15, 0.2) is 11.6 Å². The summed E-state index contributed by atoms with van der Waals surface area (Å²) in [6, 6.07) is 0. The number of allylic oxidation sites excluding steroid dienone is 2. The van der Waals surface area contributed by atoms with Crippen LogP contribution in [0.25, 0.3) is 0 Å². The zero-order chi connectivity index (χ0) is 22.8. The molecular formula is C29H48O2. The molecule has 0 heterocycles. The van der Waals surface area contributed by atoms with E-state index in [0.29, 0.717) is 29.5 Å². The average Bonchev–Trinajstić information content (AvgIpc) is 2.97. The van der Waals surface area contributed by atoms with Gasteiger partial charge >= 0.3 is 0 Å². The van der Waals surface area contributed by atoms with Crippen molar-refractivity contribution in [2.24, 2.45) is 45.8 Å². The summed E-state index contributed by atoms with van der Waals surface area (Å²) < 4.78 is 0. The first-order valence-electron chi connectivity index (χ1n) is 13.3. The summed E-state index contributed by atoms with van der Waals surface area (Å²) >= 11 is 0. The number of aliphatic hydroxyl groups is 1. The van der Waals surface area contributed by atoms with Crippen LogP contribution in [0.4, 0.5) is 0 Å². The van der Waals surface area contributed by atoms with Crippen molar-refractivity contribution in [1.82, 2.24) is 0 Å². The van der Waals surface area contributed by atoms with Crippen LogP contribution in [0.2, 0.25) is 0 Å². The van der Waals surface area contributed by atoms with Gasteiger partial charge in [-0.1, -0.05) is 59.1 Å². The largest absolute Gasteiger partial charge is 0.389 e. The van der Waals surface area contributed by atoms with Crippen LogP contribution < -0.4 is 0 Å². The quantitative estimate of drug-likeness (QED) is 0.465. The molecule has 2 nitrogen and oxygen atoms in total. The zero-order valence-corrected chi connectivity index (χ0v) is 21.4. The standard InChI is InChI=1S/C29H48O2/c1-19(2)9-8-10-20(3)29(31)18-14-23-21-11-12-24-26(4,5)25(30)15-16-27(24,6)22(21)13-17-28(23,29)7/h12,19-23,31H,8-11,13-18H2,1-7H3/t20-,21-,22+,23+,27-,28+,29+/m1/s1. The Morgan fingerprint density at radius 2 is 1.68 bits per heavy atom.